The molecule has 0 aromatic rings. The van der Waals surface area contributed by atoms with Crippen LogP contribution in [0.15, 0.2) is 0 Å². The van der Waals surface area contributed by atoms with Crippen LogP contribution in [0.4, 0.5) is 0 Å². The van der Waals surface area contributed by atoms with Gasteiger partial charge in [0, 0.05) is 11.3 Å². The number of aliphatic hydroxyl groups excluding tert-OH is 4. The Bertz CT molecular complexity index is 280. The van der Waals surface area contributed by atoms with E-state index in [0.29, 0.717) is 0 Å². The van der Waals surface area contributed by atoms with Gasteiger partial charge in [-0.3, -0.25) is 0 Å². The summed E-state index contributed by atoms with van der Waals surface area (Å²) in [6, 6.07) is 0.0716. The molecule has 106 valence electrons. The molecule has 6 nitrogen and oxygen atoms in total. The molecule has 2 fully saturated rings. The SMILES string of the molecule is NC1CCCC1S[C@@H]1O[C@H](CO)[C@H](O)[C@H](O)[C@H]1O. The molecule has 1 saturated heterocycles. The van der Waals surface area contributed by atoms with Gasteiger partial charge in [0.2, 0.25) is 0 Å². The van der Waals surface area contributed by atoms with E-state index in [2.05, 4.69) is 0 Å². The van der Waals surface area contributed by atoms with E-state index < -0.39 is 36.5 Å². The third kappa shape index (κ3) is 2.82. The molecule has 1 aliphatic heterocycles. The monoisotopic (exact) mass is 279 g/mol. The standard InChI is InChI=1S/C11H21NO5S/c12-5-2-1-3-7(5)18-11-10(16)9(15)8(14)6(4-13)17-11/h5-11,13-16H,1-4,12H2/t5?,6-,7?,8+,9+,10-,11+/m1/s1. The second-order valence-corrected chi connectivity index (χ2v) is 6.31. The van der Waals surface area contributed by atoms with Crippen LogP contribution in [0.1, 0.15) is 19.3 Å². The highest BCUT2D eigenvalue weighted by molar-refractivity contribution is 8.00. The van der Waals surface area contributed by atoms with E-state index in [9.17, 15) is 15.3 Å². The highest BCUT2D eigenvalue weighted by Gasteiger charge is 2.45. The average Bonchev–Trinajstić information content (AvgIpc) is 2.76. The summed E-state index contributed by atoms with van der Waals surface area (Å²) in [6.45, 7) is -0.390. The van der Waals surface area contributed by atoms with E-state index in [0.717, 1.165) is 19.3 Å². The minimum Gasteiger partial charge on any atom is -0.394 e. The van der Waals surface area contributed by atoms with Crippen LogP contribution >= 0.6 is 11.8 Å². The molecule has 7 heteroatoms. The Labute approximate surface area is 110 Å². The summed E-state index contributed by atoms with van der Waals surface area (Å²) in [5.74, 6) is 0. The molecule has 0 radical (unpaired) electrons. The van der Waals surface area contributed by atoms with Gasteiger partial charge >= 0.3 is 0 Å². The molecular formula is C11H21NO5S. The van der Waals surface area contributed by atoms with Crippen LogP contribution in [-0.2, 0) is 4.74 Å². The maximum Gasteiger partial charge on any atom is 0.132 e. The highest BCUT2D eigenvalue weighted by Crippen LogP contribution is 2.36. The number of rotatable bonds is 3. The van der Waals surface area contributed by atoms with Gasteiger partial charge in [-0.2, -0.15) is 0 Å². The maximum absolute atomic E-state index is 9.89. The van der Waals surface area contributed by atoms with Crippen molar-refractivity contribution in [2.75, 3.05) is 6.61 Å². The van der Waals surface area contributed by atoms with Crippen molar-refractivity contribution in [2.24, 2.45) is 5.73 Å². The Kier molecular flexibility index (Phi) is 4.87. The summed E-state index contributed by atoms with van der Waals surface area (Å²) in [7, 11) is 0. The predicted octanol–water partition coefficient (Wildman–Crippen LogP) is -1.60. The fourth-order valence-electron chi connectivity index (χ4n) is 2.48. The second kappa shape index (κ2) is 6.04. The fraction of sp³-hybridized carbons (Fsp3) is 1.00. The summed E-state index contributed by atoms with van der Waals surface area (Å²) in [5, 5.41) is 38.5. The van der Waals surface area contributed by atoms with Crippen LogP contribution in [0.5, 0.6) is 0 Å². The largest absolute Gasteiger partial charge is 0.394 e. The Morgan fingerprint density at radius 3 is 2.39 bits per heavy atom. The highest BCUT2D eigenvalue weighted by atomic mass is 32.2. The number of ether oxygens (including phenoxy) is 1. The number of nitrogens with two attached hydrogens (primary N) is 1. The zero-order chi connectivity index (χ0) is 13.3. The van der Waals surface area contributed by atoms with Crippen LogP contribution in [0.25, 0.3) is 0 Å². The summed E-state index contributed by atoms with van der Waals surface area (Å²) in [5.41, 5.74) is 5.29. The minimum atomic E-state index is -1.30. The average molecular weight is 279 g/mol. The number of aliphatic hydroxyl groups is 4. The maximum atomic E-state index is 9.89. The van der Waals surface area contributed by atoms with Crippen LogP contribution in [-0.4, -0.2) is 68.2 Å². The second-order valence-electron chi connectivity index (χ2n) is 4.97. The molecule has 1 saturated carbocycles. The van der Waals surface area contributed by atoms with Crippen LogP contribution in [0, 0.1) is 0 Å². The minimum absolute atomic E-state index is 0.0716. The molecule has 0 aromatic heterocycles. The lowest BCUT2D eigenvalue weighted by Crippen LogP contribution is -2.58. The molecule has 2 unspecified atom stereocenters. The van der Waals surface area contributed by atoms with E-state index in [1.165, 1.54) is 11.8 Å². The van der Waals surface area contributed by atoms with Crippen molar-refractivity contribution in [3.8, 4) is 0 Å². The van der Waals surface area contributed by atoms with E-state index in [4.69, 9.17) is 15.6 Å². The molecular weight excluding hydrogens is 258 g/mol. The molecule has 0 amide bonds. The summed E-state index contributed by atoms with van der Waals surface area (Å²) >= 11 is 1.39. The van der Waals surface area contributed by atoms with Crippen molar-refractivity contribution in [3.05, 3.63) is 0 Å². The van der Waals surface area contributed by atoms with Gasteiger partial charge in [-0.05, 0) is 12.8 Å². The van der Waals surface area contributed by atoms with E-state index in [-0.39, 0.29) is 11.3 Å². The normalized spacial score (nSPS) is 49.5. The molecule has 6 N–H and O–H groups in total. The topological polar surface area (TPSA) is 116 Å². The third-order valence-electron chi connectivity index (χ3n) is 3.66. The molecule has 1 heterocycles. The third-order valence-corrected chi connectivity index (χ3v) is 5.25. The Morgan fingerprint density at radius 1 is 1.11 bits per heavy atom. The Balaban J connectivity index is 1.98. The summed E-state index contributed by atoms with van der Waals surface area (Å²) < 4.78 is 5.44. The molecule has 18 heavy (non-hydrogen) atoms. The zero-order valence-corrected chi connectivity index (χ0v) is 10.9. The molecule has 0 spiro atoms. The van der Waals surface area contributed by atoms with Gasteiger partial charge in [0.15, 0.2) is 0 Å². The van der Waals surface area contributed by atoms with Crippen molar-refractivity contribution in [2.45, 2.75) is 60.4 Å². The first-order chi connectivity index (χ1) is 8.54. The van der Waals surface area contributed by atoms with Crippen molar-refractivity contribution in [3.63, 3.8) is 0 Å². The van der Waals surface area contributed by atoms with Gasteiger partial charge in [0.25, 0.3) is 0 Å². The lowest BCUT2D eigenvalue weighted by molar-refractivity contribution is -0.205. The number of hydrogen-bond donors (Lipinski definition) is 5. The Hall–Kier alpha value is 0.110. The van der Waals surface area contributed by atoms with Gasteiger partial charge in [0.1, 0.15) is 29.9 Å². The van der Waals surface area contributed by atoms with Gasteiger partial charge in [-0.25, -0.2) is 0 Å². The lowest BCUT2D eigenvalue weighted by atomic mass is 10.0. The zero-order valence-electron chi connectivity index (χ0n) is 10.1. The van der Waals surface area contributed by atoms with E-state index in [1.807, 2.05) is 0 Å². The lowest BCUT2D eigenvalue weighted by Gasteiger charge is -2.40. The van der Waals surface area contributed by atoms with Gasteiger partial charge in [-0.15, -0.1) is 11.8 Å². The first-order valence-electron chi connectivity index (χ1n) is 6.26. The first kappa shape index (κ1) is 14.5. The van der Waals surface area contributed by atoms with Crippen LogP contribution in [0.2, 0.25) is 0 Å². The van der Waals surface area contributed by atoms with Gasteiger partial charge in [-0.1, -0.05) is 6.42 Å². The Morgan fingerprint density at radius 2 is 1.83 bits per heavy atom. The van der Waals surface area contributed by atoms with Crippen molar-refractivity contribution < 1.29 is 25.2 Å². The molecule has 2 rings (SSSR count). The van der Waals surface area contributed by atoms with Crippen molar-refractivity contribution in [1.29, 1.82) is 0 Å². The van der Waals surface area contributed by atoms with E-state index >= 15 is 0 Å². The fourth-order valence-corrected chi connectivity index (χ4v) is 3.99. The molecule has 0 aromatic carbocycles. The number of thioether (sulfide) groups is 1. The van der Waals surface area contributed by atoms with Gasteiger partial charge < -0.3 is 30.9 Å². The quantitative estimate of drug-likeness (QED) is 0.422. The molecule has 1 aliphatic carbocycles. The summed E-state index contributed by atoms with van der Waals surface area (Å²) in [4.78, 5) is 0. The van der Waals surface area contributed by atoms with Crippen molar-refractivity contribution in [1.82, 2.24) is 0 Å². The number of hydrogen-bond acceptors (Lipinski definition) is 7. The smallest absolute Gasteiger partial charge is 0.132 e. The predicted molar refractivity (Wildman–Crippen MR) is 67.0 cm³/mol. The van der Waals surface area contributed by atoms with E-state index in [1.54, 1.807) is 0 Å². The van der Waals surface area contributed by atoms with Crippen molar-refractivity contribution >= 4 is 11.8 Å². The van der Waals surface area contributed by atoms with Crippen LogP contribution in [0.3, 0.4) is 0 Å². The van der Waals surface area contributed by atoms with Gasteiger partial charge in [0.05, 0.1) is 6.61 Å². The molecule has 7 atom stereocenters. The van der Waals surface area contributed by atoms with Crippen LogP contribution < -0.4 is 5.73 Å². The summed E-state index contributed by atoms with van der Waals surface area (Å²) in [6.07, 6.45) is -1.63. The first-order valence-corrected chi connectivity index (χ1v) is 7.20. The molecule has 0 bridgehead atoms. The molecule has 2 aliphatic rings.